The average Bonchev–Trinajstić information content (AvgIpc) is 3.21. The van der Waals surface area contributed by atoms with Crippen molar-refractivity contribution in [2.45, 2.75) is 13.8 Å². The normalized spacial score (nSPS) is 10.3. The van der Waals surface area contributed by atoms with Gasteiger partial charge in [0.2, 0.25) is 10.0 Å². The van der Waals surface area contributed by atoms with Crippen LogP contribution in [0.15, 0.2) is 42.5 Å². The van der Waals surface area contributed by atoms with Crippen LogP contribution in [0.25, 0.3) is 0 Å². The summed E-state index contributed by atoms with van der Waals surface area (Å²) in [5.74, 6) is -1.68. The quantitative estimate of drug-likeness (QED) is 0.529. The van der Waals surface area contributed by atoms with Crippen molar-refractivity contribution in [3.05, 3.63) is 63.6 Å². The predicted molar refractivity (Wildman–Crippen MR) is 111 cm³/mol. The molecule has 0 spiro atoms. The lowest BCUT2D eigenvalue weighted by Gasteiger charge is -2.08. The number of aliphatic carboxylic acids is 1. The first-order valence-corrected chi connectivity index (χ1v) is 9.62. The number of carboxylic acid groups (broad SMARTS) is 1. The van der Waals surface area contributed by atoms with E-state index in [0.717, 1.165) is 22.5 Å². The Morgan fingerprint density at radius 3 is 2.23 bits per heavy atom. The van der Waals surface area contributed by atoms with E-state index in [1.165, 1.54) is 12.1 Å². The molecule has 30 heavy (non-hydrogen) atoms. The number of carbonyl (C=O) groups excluding carboxylic acids is 2. The maximum absolute atomic E-state index is 12.4. The molecule has 10 heteroatoms. The second-order valence-electron chi connectivity index (χ2n) is 6.27. The van der Waals surface area contributed by atoms with Crippen molar-refractivity contribution in [2.24, 2.45) is 0 Å². The first-order valence-electron chi connectivity index (χ1n) is 8.80. The van der Waals surface area contributed by atoms with Crippen LogP contribution in [0.4, 0.5) is 11.4 Å². The Morgan fingerprint density at radius 2 is 1.60 bits per heavy atom. The fraction of sp³-hybridized carbons (Fsp3) is 0.150. The monoisotopic (exact) mass is 426 g/mol. The van der Waals surface area contributed by atoms with Crippen LogP contribution in [0.2, 0.25) is 0 Å². The van der Waals surface area contributed by atoms with Crippen LogP contribution >= 0.6 is 11.3 Å². The molecule has 2 aromatic carbocycles. The van der Waals surface area contributed by atoms with Crippen LogP contribution in [0.5, 0.6) is 5.75 Å². The van der Waals surface area contributed by atoms with Crippen molar-refractivity contribution in [3.8, 4) is 5.75 Å². The van der Waals surface area contributed by atoms with Crippen molar-refractivity contribution < 1.29 is 24.2 Å². The molecule has 1 heterocycles. The summed E-state index contributed by atoms with van der Waals surface area (Å²) in [6.45, 7) is 3.40. The first-order chi connectivity index (χ1) is 14.3. The summed E-state index contributed by atoms with van der Waals surface area (Å²) in [4.78, 5) is 35.3. The van der Waals surface area contributed by atoms with Crippen LogP contribution in [0.1, 0.15) is 30.7 Å². The fourth-order valence-electron chi connectivity index (χ4n) is 2.43. The first kappa shape index (κ1) is 20.9. The number of amides is 2. The minimum Gasteiger partial charge on any atom is -0.482 e. The summed E-state index contributed by atoms with van der Waals surface area (Å²) in [5, 5.41) is 21.7. The van der Waals surface area contributed by atoms with Gasteiger partial charge in [0.05, 0.1) is 0 Å². The highest BCUT2D eigenvalue weighted by Gasteiger charge is 2.18. The summed E-state index contributed by atoms with van der Waals surface area (Å²) in [6, 6.07) is 11.8. The van der Waals surface area contributed by atoms with Gasteiger partial charge in [0, 0.05) is 11.4 Å². The number of carbonyl (C=O) groups is 3. The summed E-state index contributed by atoms with van der Waals surface area (Å²) >= 11 is 0.876. The third kappa shape index (κ3) is 5.17. The number of benzene rings is 2. The van der Waals surface area contributed by atoms with E-state index < -0.39 is 24.4 Å². The van der Waals surface area contributed by atoms with E-state index in [0.29, 0.717) is 17.1 Å². The largest absolute Gasteiger partial charge is 0.482 e. The molecule has 0 saturated heterocycles. The van der Waals surface area contributed by atoms with Gasteiger partial charge in [-0.3, -0.25) is 9.59 Å². The number of nitrogens with one attached hydrogen (secondary N) is 2. The Hall–Kier alpha value is -3.79. The smallest absolute Gasteiger partial charge is 0.341 e. The molecule has 0 unspecified atom stereocenters. The molecule has 0 aliphatic rings. The molecular formula is C20H18N4O5S. The van der Waals surface area contributed by atoms with Crippen LogP contribution in [-0.4, -0.2) is 39.7 Å². The molecule has 3 aromatic rings. The Labute approximate surface area is 175 Å². The minimum atomic E-state index is -1.08. The Kier molecular flexibility index (Phi) is 6.38. The highest BCUT2D eigenvalue weighted by Crippen LogP contribution is 2.21. The number of hydrogen-bond acceptors (Lipinski definition) is 7. The number of aromatic nitrogens is 2. The SMILES string of the molecule is Cc1cccc(NC(=O)c2nnc(C(=O)Nc3ccc(OCC(=O)O)cc3)s2)c1C. The molecule has 0 radical (unpaired) electrons. The maximum atomic E-state index is 12.4. The average molecular weight is 426 g/mol. The zero-order chi connectivity index (χ0) is 21.7. The van der Waals surface area contributed by atoms with Gasteiger partial charge in [-0.1, -0.05) is 23.5 Å². The van der Waals surface area contributed by atoms with Gasteiger partial charge in [0.15, 0.2) is 6.61 Å². The number of hydrogen-bond donors (Lipinski definition) is 3. The predicted octanol–water partition coefficient (Wildman–Crippen LogP) is 3.12. The molecule has 0 bridgehead atoms. The molecule has 1 aromatic heterocycles. The van der Waals surface area contributed by atoms with E-state index >= 15 is 0 Å². The molecule has 154 valence electrons. The lowest BCUT2D eigenvalue weighted by Crippen LogP contribution is -2.12. The van der Waals surface area contributed by atoms with Gasteiger partial charge in [-0.15, -0.1) is 10.2 Å². The van der Waals surface area contributed by atoms with Gasteiger partial charge in [-0.05, 0) is 55.3 Å². The molecular weight excluding hydrogens is 408 g/mol. The number of carboxylic acids is 1. The zero-order valence-corrected chi connectivity index (χ0v) is 16.9. The number of aryl methyl sites for hydroxylation is 1. The Morgan fingerprint density at radius 1 is 0.967 bits per heavy atom. The van der Waals surface area contributed by atoms with E-state index in [-0.39, 0.29) is 10.0 Å². The van der Waals surface area contributed by atoms with E-state index in [1.54, 1.807) is 18.2 Å². The number of rotatable bonds is 7. The van der Waals surface area contributed by atoms with E-state index in [2.05, 4.69) is 20.8 Å². The summed E-state index contributed by atoms with van der Waals surface area (Å²) in [6.07, 6.45) is 0. The lowest BCUT2D eigenvalue weighted by atomic mass is 10.1. The summed E-state index contributed by atoms with van der Waals surface area (Å²) in [7, 11) is 0. The second kappa shape index (κ2) is 9.14. The van der Waals surface area contributed by atoms with Crippen molar-refractivity contribution in [2.75, 3.05) is 17.2 Å². The van der Waals surface area contributed by atoms with Gasteiger partial charge in [0.25, 0.3) is 11.8 Å². The molecule has 0 saturated carbocycles. The standard InChI is InChI=1S/C20H18N4O5S/c1-11-4-3-5-15(12(11)2)22-18(28)20-24-23-19(30-20)17(27)21-13-6-8-14(9-7-13)29-10-16(25)26/h3-9H,10H2,1-2H3,(H,21,27)(H,22,28)(H,25,26). The molecule has 2 amide bonds. The number of anilines is 2. The molecule has 0 fully saturated rings. The van der Waals surface area contributed by atoms with Gasteiger partial charge >= 0.3 is 5.97 Å². The molecule has 3 N–H and O–H groups in total. The van der Waals surface area contributed by atoms with E-state index in [4.69, 9.17) is 9.84 Å². The summed E-state index contributed by atoms with van der Waals surface area (Å²) in [5.41, 5.74) is 3.12. The lowest BCUT2D eigenvalue weighted by molar-refractivity contribution is -0.139. The van der Waals surface area contributed by atoms with Gasteiger partial charge in [-0.25, -0.2) is 4.79 Å². The molecule has 0 aliphatic carbocycles. The highest BCUT2D eigenvalue weighted by molar-refractivity contribution is 7.15. The van der Waals surface area contributed by atoms with Crippen LogP contribution in [-0.2, 0) is 4.79 Å². The molecule has 0 aliphatic heterocycles. The Bertz CT molecular complexity index is 1090. The molecule has 0 atom stereocenters. The maximum Gasteiger partial charge on any atom is 0.341 e. The third-order valence-electron chi connectivity index (χ3n) is 4.14. The van der Waals surface area contributed by atoms with Crippen molar-refractivity contribution in [3.63, 3.8) is 0 Å². The van der Waals surface area contributed by atoms with Gasteiger partial charge in [0.1, 0.15) is 5.75 Å². The van der Waals surface area contributed by atoms with E-state index in [9.17, 15) is 14.4 Å². The van der Waals surface area contributed by atoms with Crippen molar-refractivity contribution in [1.29, 1.82) is 0 Å². The topological polar surface area (TPSA) is 131 Å². The van der Waals surface area contributed by atoms with Crippen molar-refractivity contribution in [1.82, 2.24) is 10.2 Å². The number of ether oxygens (including phenoxy) is 1. The second-order valence-corrected chi connectivity index (χ2v) is 7.25. The fourth-order valence-corrected chi connectivity index (χ4v) is 3.07. The van der Waals surface area contributed by atoms with Crippen LogP contribution in [0.3, 0.4) is 0 Å². The minimum absolute atomic E-state index is 0.0346. The van der Waals surface area contributed by atoms with Crippen molar-refractivity contribution >= 4 is 40.5 Å². The van der Waals surface area contributed by atoms with Crippen LogP contribution in [0, 0.1) is 13.8 Å². The van der Waals surface area contributed by atoms with Gasteiger partial charge in [-0.2, -0.15) is 0 Å². The summed E-state index contributed by atoms with van der Waals surface area (Å²) < 4.78 is 5.03. The van der Waals surface area contributed by atoms with E-state index in [1.807, 2.05) is 26.0 Å². The Balaban J connectivity index is 1.62. The molecule has 3 rings (SSSR count). The number of nitrogens with zero attached hydrogens (tertiary/aromatic N) is 2. The van der Waals surface area contributed by atoms with Gasteiger partial charge < -0.3 is 20.5 Å². The highest BCUT2D eigenvalue weighted by atomic mass is 32.1. The third-order valence-corrected chi connectivity index (χ3v) is 5.06. The zero-order valence-electron chi connectivity index (χ0n) is 16.1. The van der Waals surface area contributed by atoms with Crippen LogP contribution < -0.4 is 15.4 Å². The molecule has 9 nitrogen and oxygen atoms in total.